The van der Waals surface area contributed by atoms with Crippen LogP contribution in [0.4, 0.5) is 0 Å². The largest absolute Gasteiger partial charge is 0.423 e. The molecule has 0 aliphatic rings. The van der Waals surface area contributed by atoms with Crippen molar-refractivity contribution in [1.29, 1.82) is 0 Å². The highest BCUT2D eigenvalue weighted by Gasteiger charge is 2.16. The van der Waals surface area contributed by atoms with E-state index in [-0.39, 0.29) is 29.5 Å². The number of benzene rings is 1. The molecule has 1 aromatic rings. The lowest BCUT2D eigenvalue weighted by Gasteiger charge is -2.12. The molecule has 0 heterocycles. The molecule has 0 atom stereocenters. The van der Waals surface area contributed by atoms with Crippen LogP contribution < -0.4 is 9.47 Å². The first-order chi connectivity index (χ1) is 9.77. The second-order valence-electron chi connectivity index (χ2n) is 5.74. The summed E-state index contributed by atoms with van der Waals surface area (Å²) < 4.78 is 11.5. The molecule has 0 fully saturated rings. The number of ether oxygens (including phenoxy) is 2. The quantitative estimate of drug-likeness (QED) is 0.405. The summed E-state index contributed by atoms with van der Waals surface area (Å²) in [4.78, 5) is 23.5. The average Bonchev–Trinajstić information content (AvgIpc) is 2.30. The summed E-state index contributed by atoms with van der Waals surface area (Å²) >= 11 is 2.12. The molecule has 0 amide bonds. The second kappa shape index (κ2) is 8.36. The fraction of sp³-hybridized carbons (Fsp3) is 0.500. The molecular formula is C16H21IO4. The van der Waals surface area contributed by atoms with E-state index in [4.69, 9.17) is 9.47 Å². The maximum Gasteiger partial charge on any atom is 0.311 e. The Kier molecular flexibility index (Phi) is 7.14. The summed E-state index contributed by atoms with van der Waals surface area (Å²) in [5.74, 6) is 0.365. The van der Waals surface area contributed by atoms with Gasteiger partial charge >= 0.3 is 11.9 Å². The summed E-state index contributed by atoms with van der Waals surface area (Å²) in [5, 5.41) is 0. The lowest BCUT2D eigenvalue weighted by atomic mass is 10.1. The highest BCUT2D eigenvalue weighted by molar-refractivity contribution is 14.1. The molecule has 0 aliphatic heterocycles. The molecular weight excluding hydrogens is 383 g/mol. The van der Waals surface area contributed by atoms with Gasteiger partial charge in [-0.05, 0) is 52.6 Å². The van der Waals surface area contributed by atoms with Crippen molar-refractivity contribution in [1.82, 2.24) is 0 Å². The fourth-order valence-electron chi connectivity index (χ4n) is 1.64. The molecule has 116 valence electrons. The van der Waals surface area contributed by atoms with Crippen molar-refractivity contribution >= 4 is 34.5 Å². The molecule has 1 rings (SSSR count). The van der Waals surface area contributed by atoms with Crippen LogP contribution in [0.2, 0.25) is 0 Å². The third-order valence-corrected chi connectivity index (χ3v) is 3.17. The van der Waals surface area contributed by atoms with E-state index in [1.54, 1.807) is 18.2 Å². The van der Waals surface area contributed by atoms with Crippen LogP contribution in [0.25, 0.3) is 0 Å². The molecule has 0 unspecified atom stereocenters. The monoisotopic (exact) mass is 404 g/mol. The topological polar surface area (TPSA) is 52.6 Å². The van der Waals surface area contributed by atoms with E-state index in [2.05, 4.69) is 22.6 Å². The van der Waals surface area contributed by atoms with E-state index in [9.17, 15) is 9.59 Å². The lowest BCUT2D eigenvalue weighted by Crippen LogP contribution is -2.14. The minimum Gasteiger partial charge on any atom is -0.423 e. The minimum atomic E-state index is -0.327. The van der Waals surface area contributed by atoms with Crippen LogP contribution in [0.15, 0.2) is 18.2 Å². The van der Waals surface area contributed by atoms with E-state index in [1.165, 1.54) is 0 Å². The number of carbonyl (C=O) groups is 2. The summed E-state index contributed by atoms with van der Waals surface area (Å²) in [6.45, 7) is 7.77. The third-order valence-electron chi connectivity index (χ3n) is 2.50. The number of esters is 2. The van der Waals surface area contributed by atoms with Crippen molar-refractivity contribution < 1.29 is 19.1 Å². The predicted molar refractivity (Wildman–Crippen MR) is 89.3 cm³/mol. The van der Waals surface area contributed by atoms with Crippen molar-refractivity contribution in [2.24, 2.45) is 11.8 Å². The molecule has 1 aromatic carbocycles. The smallest absolute Gasteiger partial charge is 0.311 e. The van der Waals surface area contributed by atoms with Crippen molar-refractivity contribution in [3.8, 4) is 11.5 Å². The summed E-state index contributed by atoms with van der Waals surface area (Å²) in [6.07, 6.45) is 0.649. The molecule has 0 aliphatic carbocycles. The Morgan fingerprint density at radius 1 is 0.952 bits per heavy atom. The number of rotatable bonds is 6. The maximum atomic E-state index is 11.8. The number of hydrogen-bond donors (Lipinski definition) is 0. The SMILES string of the molecule is CC(C)CC(=O)Oc1ccc(I)cc1OC(=O)CC(C)C. The van der Waals surface area contributed by atoms with Gasteiger partial charge in [0.05, 0.1) is 0 Å². The van der Waals surface area contributed by atoms with Gasteiger partial charge in [-0.2, -0.15) is 0 Å². The Morgan fingerprint density at radius 2 is 1.43 bits per heavy atom. The summed E-state index contributed by atoms with van der Waals surface area (Å²) in [6, 6.07) is 5.15. The first kappa shape index (κ1) is 17.9. The van der Waals surface area contributed by atoms with Gasteiger partial charge < -0.3 is 9.47 Å². The van der Waals surface area contributed by atoms with Crippen LogP contribution in [0.3, 0.4) is 0 Å². The van der Waals surface area contributed by atoms with E-state index >= 15 is 0 Å². The number of hydrogen-bond acceptors (Lipinski definition) is 4. The van der Waals surface area contributed by atoms with Gasteiger partial charge in [-0.3, -0.25) is 9.59 Å². The zero-order valence-corrected chi connectivity index (χ0v) is 15.0. The molecule has 4 nitrogen and oxygen atoms in total. The highest BCUT2D eigenvalue weighted by Crippen LogP contribution is 2.30. The van der Waals surface area contributed by atoms with E-state index in [0.29, 0.717) is 18.6 Å². The van der Waals surface area contributed by atoms with Gasteiger partial charge in [0, 0.05) is 16.4 Å². The zero-order chi connectivity index (χ0) is 16.0. The van der Waals surface area contributed by atoms with Crippen LogP contribution in [0.5, 0.6) is 11.5 Å². The summed E-state index contributed by atoms with van der Waals surface area (Å²) in [5.41, 5.74) is 0. The first-order valence-corrected chi connectivity index (χ1v) is 8.06. The first-order valence-electron chi connectivity index (χ1n) is 6.98. The van der Waals surface area contributed by atoms with Crippen LogP contribution >= 0.6 is 22.6 Å². The highest BCUT2D eigenvalue weighted by atomic mass is 127. The Morgan fingerprint density at radius 3 is 1.90 bits per heavy atom. The molecule has 0 bridgehead atoms. The van der Waals surface area contributed by atoms with Crippen molar-refractivity contribution in [2.45, 2.75) is 40.5 Å². The Balaban J connectivity index is 2.84. The van der Waals surface area contributed by atoms with E-state index < -0.39 is 0 Å². The van der Waals surface area contributed by atoms with Gasteiger partial charge in [0.15, 0.2) is 11.5 Å². The third kappa shape index (κ3) is 6.93. The number of halogens is 1. The average molecular weight is 404 g/mol. The molecule has 0 N–H and O–H groups in total. The van der Waals surface area contributed by atoms with Crippen molar-refractivity contribution in [3.63, 3.8) is 0 Å². The summed E-state index contributed by atoms with van der Waals surface area (Å²) in [7, 11) is 0. The Bertz CT molecular complexity index is 509. The molecule has 5 heteroatoms. The van der Waals surface area contributed by atoms with Gasteiger partial charge in [-0.1, -0.05) is 27.7 Å². The van der Waals surface area contributed by atoms with Gasteiger partial charge in [-0.25, -0.2) is 0 Å². The maximum absolute atomic E-state index is 11.8. The Labute approximate surface area is 139 Å². The van der Waals surface area contributed by atoms with Crippen LogP contribution in [0.1, 0.15) is 40.5 Å². The van der Waals surface area contributed by atoms with Crippen LogP contribution in [-0.4, -0.2) is 11.9 Å². The van der Waals surface area contributed by atoms with Gasteiger partial charge in [-0.15, -0.1) is 0 Å². The Hall–Kier alpha value is -1.11. The van der Waals surface area contributed by atoms with Gasteiger partial charge in [0.2, 0.25) is 0 Å². The molecule has 0 radical (unpaired) electrons. The van der Waals surface area contributed by atoms with Gasteiger partial charge in [0.25, 0.3) is 0 Å². The zero-order valence-electron chi connectivity index (χ0n) is 12.8. The lowest BCUT2D eigenvalue weighted by molar-refractivity contribution is -0.138. The molecule has 0 aromatic heterocycles. The fourth-order valence-corrected chi connectivity index (χ4v) is 2.10. The van der Waals surface area contributed by atoms with Crippen molar-refractivity contribution in [3.05, 3.63) is 21.8 Å². The molecule has 21 heavy (non-hydrogen) atoms. The molecule has 0 saturated heterocycles. The second-order valence-corrected chi connectivity index (χ2v) is 6.98. The molecule has 0 spiro atoms. The standard InChI is InChI=1S/C16H21IO4/c1-10(2)7-15(18)20-13-6-5-12(17)9-14(13)21-16(19)8-11(3)4/h5-6,9-11H,7-8H2,1-4H3. The van der Waals surface area contributed by atoms with Crippen molar-refractivity contribution in [2.75, 3.05) is 0 Å². The van der Waals surface area contributed by atoms with Gasteiger partial charge in [0.1, 0.15) is 0 Å². The predicted octanol–water partition coefficient (Wildman–Crippen LogP) is 4.19. The normalized spacial score (nSPS) is 10.8. The van der Waals surface area contributed by atoms with Crippen LogP contribution in [-0.2, 0) is 9.59 Å². The number of carbonyl (C=O) groups excluding carboxylic acids is 2. The minimum absolute atomic E-state index is 0.215. The molecule has 0 saturated carbocycles. The van der Waals surface area contributed by atoms with E-state index in [1.807, 2.05) is 27.7 Å². The van der Waals surface area contributed by atoms with Crippen LogP contribution in [0, 0.1) is 15.4 Å². The van der Waals surface area contributed by atoms with E-state index in [0.717, 1.165) is 3.57 Å².